The van der Waals surface area contributed by atoms with Crippen molar-refractivity contribution >= 4 is 5.96 Å². The number of benzene rings is 1. The van der Waals surface area contributed by atoms with Crippen LogP contribution in [-0.4, -0.2) is 45.3 Å². The van der Waals surface area contributed by atoms with Gasteiger partial charge >= 0.3 is 5.69 Å². The molecule has 1 aromatic carbocycles. The number of hydrogen-bond donors (Lipinski definition) is 1. The predicted molar refractivity (Wildman–Crippen MR) is 108 cm³/mol. The van der Waals surface area contributed by atoms with Crippen LogP contribution in [0.1, 0.15) is 37.6 Å². The first kappa shape index (κ1) is 20.1. The molecule has 1 aliphatic rings. The second-order valence-corrected chi connectivity index (χ2v) is 7.10. The van der Waals surface area contributed by atoms with Crippen LogP contribution in [0, 0.1) is 5.82 Å². The topological polar surface area (TPSA) is 67.5 Å². The van der Waals surface area contributed by atoms with E-state index >= 15 is 0 Å². The van der Waals surface area contributed by atoms with Crippen molar-refractivity contribution in [2.45, 2.75) is 52.2 Å². The van der Waals surface area contributed by atoms with Gasteiger partial charge in [0.15, 0.2) is 5.96 Å². The number of fused-ring (bicyclic) bond motifs is 1. The molecule has 28 heavy (non-hydrogen) atoms. The molecule has 0 atom stereocenters. The summed E-state index contributed by atoms with van der Waals surface area (Å²) in [6.07, 6.45) is 3.79. The Bertz CT molecular complexity index is 855. The maximum absolute atomic E-state index is 13.1. The second-order valence-electron chi connectivity index (χ2n) is 7.10. The molecule has 8 heteroatoms. The van der Waals surface area contributed by atoms with Gasteiger partial charge in [0.05, 0.1) is 0 Å². The van der Waals surface area contributed by atoms with Gasteiger partial charge in [-0.25, -0.2) is 13.9 Å². The fraction of sp³-hybridized carbons (Fsp3) is 0.550. The normalized spacial score (nSPS) is 14.0. The van der Waals surface area contributed by atoms with Gasteiger partial charge in [-0.05, 0) is 43.9 Å². The lowest BCUT2D eigenvalue weighted by atomic mass is 10.2. The van der Waals surface area contributed by atoms with E-state index in [2.05, 4.69) is 15.4 Å². The van der Waals surface area contributed by atoms with Gasteiger partial charge in [-0.1, -0.05) is 12.1 Å². The van der Waals surface area contributed by atoms with Gasteiger partial charge in [0, 0.05) is 46.2 Å². The average Bonchev–Trinajstić information content (AvgIpc) is 3.02. The Labute approximate surface area is 164 Å². The molecule has 7 nitrogen and oxygen atoms in total. The van der Waals surface area contributed by atoms with Crippen LogP contribution in [0.15, 0.2) is 34.1 Å². The Hall–Kier alpha value is -2.64. The van der Waals surface area contributed by atoms with Crippen LogP contribution in [0.5, 0.6) is 0 Å². The molecule has 2 heterocycles. The first-order chi connectivity index (χ1) is 13.6. The summed E-state index contributed by atoms with van der Waals surface area (Å²) < 4.78 is 16.4. The van der Waals surface area contributed by atoms with E-state index in [0.29, 0.717) is 19.6 Å². The van der Waals surface area contributed by atoms with Crippen LogP contribution >= 0.6 is 0 Å². The zero-order chi connectivity index (χ0) is 19.9. The minimum absolute atomic E-state index is 0.000913. The van der Waals surface area contributed by atoms with Crippen LogP contribution in [0.2, 0.25) is 0 Å². The summed E-state index contributed by atoms with van der Waals surface area (Å²) in [5, 5.41) is 7.74. The van der Waals surface area contributed by atoms with E-state index in [1.165, 1.54) is 12.1 Å². The monoisotopic (exact) mass is 388 g/mol. The molecule has 0 saturated heterocycles. The van der Waals surface area contributed by atoms with Gasteiger partial charge < -0.3 is 10.2 Å². The molecule has 0 amide bonds. The van der Waals surface area contributed by atoms with Crippen molar-refractivity contribution < 1.29 is 4.39 Å². The third-order valence-corrected chi connectivity index (χ3v) is 4.85. The highest BCUT2D eigenvalue weighted by Gasteiger charge is 2.16. The van der Waals surface area contributed by atoms with Crippen LogP contribution in [-0.2, 0) is 26.1 Å². The molecular weight excluding hydrogens is 359 g/mol. The Morgan fingerprint density at radius 1 is 1.32 bits per heavy atom. The summed E-state index contributed by atoms with van der Waals surface area (Å²) in [6.45, 7) is 5.38. The van der Waals surface area contributed by atoms with Crippen LogP contribution < -0.4 is 11.0 Å². The second kappa shape index (κ2) is 9.52. The summed E-state index contributed by atoms with van der Waals surface area (Å²) in [5.41, 5.74) is 1.02. The highest BCUT2D eigenvalue weighted by Crippen LogP contribution is 2.09. The largest absolute Gasteiger partial charge is 0.357 e. The van der Waals surface area contributed by atoms with E-state index in [0.717, 1.165) is 56.1 Å². The van der Waals surface area contributed by atoms with E-state index in [-0.39, 0.29) is 11.5 Å². The Kier molecular flexibility index (Phi) is 6.84. The van der Waals surface area contributed by atoms with E-state index in [9.17, 15) is 9.18 Å². The molecule has 0 unspecified atom stereocenters. The number of aliphatic imine (C=N–C) groups is 1. The van der Waals surface area contributed by atoms with Crippen molar-refractivity contribution in [1.29, 1.82) is 0 Å². The van der Waals surface area contributed by atoms with Crippen molar-refractivity contribution in [3.05, 3.63) is 52.0 Å². The first-order valence-electron chi connectivity index (χ1n) is 9.99. The van der Waals surface area contributed by atoms with Crippen LogP contribution in [0.25, 0.3) is 0 Å². The van der Waals surface area contributed by atoms with Crippen molar-refractivity contribution in [2.75, 3.05) is 20.1 Å². The summed E-state index contributed by atoms with van der Waals surface area (Å²) >= 11 is 0. The predicted octanol–water partition coefficient (Wildman–Crippen LogP) is 2.01. The lowest BCUT2D eigenvalue weighted by molar-refractivity contribution is 0.473. The number of aromatic nitrogens is 3. The molecule has 1 aliphatic heterocycles. The Morgan fingerprint density at radius 2 is 2.11 bits per heavy atom. The Balaban J connectivity index is 1.56. The molecule has 0 bridgehead atoms. The molecule has 0 aliphatic carbocycles. The molecular formula is C20H29FN6O. The van der Waals surface area contributed by atoms with E-state index in [4.69, 9.17) is 0 Å². The minimum atomic E-state index is -0.233. The smallest absolute Gasteiger partial charge is 0.345 e. The molecule has 1 N–H and O–H groups in total. The van der Waals surface area contributed by atoms with Gasteiger partial charge in [0.1, 0.15) is 11.6 Å². The summed E-state index contributed by atoms with van der Waals surface area (Å²) in [5.74, 6) is 1.47. The summed E-state index contributed by atoms with van der Waals surface area (Å²) in [6, 6.07) is 6.50. The lowest BCUT2D eigenvalue weighted by Crippen LogP contribution is -2.38. The van der Waals surface area contributed by atoms with Gasteiger partial charge in [-0.2, -0.15) is 5.10 Å². The maximum Gasteiger partial charge on any atom is 0.345 e. The number of hydrogen-bond acceptors (Lipinski definition) is 3. The third kappa shape index (κ3) is 4.99. The lowest BCUT2D eigenvalue weighted by Gasteiger charge is -2.22. The fourth-order valence-electron chi connectivity index (χ4n) is 3.41. The summed E-state index contributed by atoms with van der Waals surface area (Å²) in [4.78, 5) is 19.0. The quantitative estimate of drug-likeness (QED) is 0.448. The van der Waals surface area contributed by atoms with Crippen LogP contribution in [0.3, 0.4) is 0 Å². The van der Waals surface area contributed by atoms with Gasteiger partial charge in [0.2, 0.25) is 0 Å². The Morgan fingerprint density at radius 3 is 2.82 bits per heavy atom. The molecule has 0 saturated carbocycles. The molecule has 0 spiro atoms. The van der Waals surface area contributed by atoms with Crippen molar-refractivity contribution in [3.63, 3.8) is 0 Å². The van der Waals surface area contributed by atoms with Crippen molar-refractivity contribution in [1.82, 2.24) is 24.6 Å². The van der Waals surface area contributed by atoms with Gasteiger partial charge in [-0.15, -0.1) is 0 Å². The zero-order valence-corrected chi connectivity index (χ0v) is 16.7. The highest BCUT2D eigenvalue weighted by atomic mass is 19.1. The first-order valence-corrected chi connectivity index (χ1v) is 9.99. The van der Waals surface area contributed by atoms with Crippen molar-refractivity contribution in [3.8, 4) is 0 Å². The fourth-order valence-corrected chi connectivity index (χ4v) is 3.41. The number of guanidine groups is 1. The van der Waals surface area contributed by atoms with Crippen molar-refractivity contribution in [2.24, 2.45) is 4.99 Å². The average molecular weight is 388 g/mol. The number of halogens is 1. The molecule has 0 fully saturated rings. The zero-order valence-electron chi connectivity index (χ0n) is 16.7. The highest BCUT2D eigenvalue weighted by molar-refractivity contribution is 5.79. The minimum Gasteiger partial charge on any atom is -0.357 e. The summed E-state index contributed by atoms with van der Waals surface area (Å²) in [7, 11) is 1.96. The SMILES string of the molecule is CCNC(=NCCCn1nc2n(c1=O)CCCC2)N(C)Cc1ccc(F)cc1. The standard InChI is InChI=1S/C20H29FN6O/c1-3-22-19(25(2)15-16-8-10-17(21)11-9-16)23-12-6-14-27-20(28)26-13-5-4-7-18(26)24-27/h8-11H,3-7,12-15H2,1-2H3,(H,22,23). The molecule has 2 aromatic rings. The van der Waals surface area contributed by atoms with Crippen LogP contribution in [0.4, 0.5) is 4.39 Å². The van der Waals surface area contributed by atoms with E-state index in [1.807, 2.05) is 18.9 Å². The third-order valence-electron chi connectivity index (χ3n) is 4.85. The maximum atomic E-state index is 13.1. The van der Waals surface area contributed by atoms with E-state index < -0.39 is 0 Å². The number of nitrogens with zero attached hydrogens (tertiary/aromatic N) is 5. The molecule has 3 rings (SSSR count). The number of rotatable bonds is 7. The molecule has 152 valence electrons. The van der Waals surface area contributed by atoms with E-state index in [1.54, 1.807) is 21.4 Å². The number of nitrogens with one attached hydrogen (secondary N) is 1. The molecule has 1 aromatic heterocycles. The van der Waals surface area contributed by atoms with Gasteiger partial charge in [-0.3, -0.25) is 9.56 Å². The van der Waals surface area contributed by atoms with Gasteiger partial charge in [0.25, 0.3) is 0 Å². The molecule has 0 radical (unpaired) electrons. The number of aryl methyl sites for hydroxylation is 2.